The van der Waals surface area contributed by atoms with Crippen molar-refractivity contribution in [1.82, 2.24) is 9.97 Å². The average molecular weight is 383 g/mol. The van der Waals surface area contributed by atoms with Gasteiger partial charge in [-0.15, -0.1) is 0 Å². The van der Waals surface area contributed by atoms with Crippen LogP contribution in [0.15, 0.2) is 61.1 Å². The highest BCUT2D eigenvalue weighted by atomic mass is 35.5. The number of nitrogens with zero attached hydrogens (tertiary/aromatic N) is 2. The van der Waals surface area contributed by atoms with Crippen LogP contribution in [0.1, 0.15) is 26.4 Å². The van der Waals surface area contributed by atoms with Gasteiger partial charge in [0.25, 0.3) is 5.91 Å². The number of anilines is 1. The maximum Gasteiger partial charge on any atom is 0.274 e. The molecule has 7 nitrogen and oxygen atoms in total. The quantitative estimate of drug-likeness (QED) is 0.681. The van der Waals surface area contributed by atoms with E-state index in [1.165, 1.54) is 18.5 Å². The lowest BCUT2D eigenvalue weighted by atomic mass is 10.2. The van der Waals surface area contributed by atoms with Crippen molar-refractivity contribution in [2.45, 2.75) is 6.61 Å². The van der Waals surface area contributed by atoms with Gasteiger partial charge >= 0.3 is 0 Å². The molecule has 2 aromatic heterocycles. The maximum atomic E-state index is 12.2. The SMILES string of the molecule is NC(=O)c1cncc(OCc2cc(NC(=O)c3ccccn3)ccc2Cl)c1. The summed E-state index contributed by atoms with van der Waals surface area (Å²) < 4.78 is 5.63. The molecule has 0 bridgehead atoms. The van der Waals surface area contributed by atoms with Gasteiger partial charge in [0, 0.05) is 28.7 Å². The first-order valence-corrected chi connectivity index (χ1v) is 8.29. The van der Waals surface area contributed by atoms with Crippen LogP contribution in [0.25, 0.3) is 0 Å². The van der Waals surface area contributed by atoms with Crippen molar-refractivity contribution in [3.8, 4) is 5.75 Å². The van der Waals surface area contributed by atoms with E-state index in [9.17, 15) is 9.59 Å². The molecule has 0 aliphatic heterocycles. The number of carbonyl (C=O) groups is 2. The molecule has 0 saturated heterocycles. The molecule has 0 aliphatic carbocycles. The molecule has 0 fully saturated rings. The molecule has 3 N–H and O–H groups in total. The number of aromatic nitrogens is 2. The number of primary amides is 1. The van der Waals surface area contributed by atoms with Crippen LogP contribution >= 0.6 is 11.6 Å². The van der Waals surface area contributed by atoms with Gasteiger partial charge in [0.15, 0.2) is 0 Å². The summed E-state index contributed by atoms with van der Waals surface area (Å²) >= 11 is 6.20. The molecule has 0 atom stereocenters. The molecule has 0 aliphatic rings. The van der Waals surface area contributed by atoms with Crippen LogP contribution in [0.2, 0.25) is 5.02 Å². The summed E-state index contributed by atoms with van der Waals surface area (Å²) in [6, 6.07) is 11.6. The second-order valence-electron chi connectivity index (χ2n) is 5.54. The van der Waals surface area contributed by atoms with Crippen molar-refractivity contribution in [3.05, 3.63) is 82.9 Å². The van der Waals surface area contributed by atoms with E-state index in [1.54, 1.807) is 42.6 Å². The third-order valence-electron chi connectivity index (χ3n) is 3.59. The Balaban J connectivity index is 1.71. The summed E-state index contributed by atoms with van der Waals surface area (Å²) in [5, 5.41) is 3.24. The lowest BCUT2D eigenvalue weighted by Crippen LogP contribution is -2.13. The molecule has 0 saturated carbocycles. The van der Waals surface area contributed by atoms with E-state index in [0.717, 1.165) is 0 Å². The minimum atomic E-state index is -0.592. The minimum absolute atomic E-state index is 0.121. The highest BCUT2D eigenvalue weighted by molar-refractivity contribution is 6.31. The normalized spacial score (nSPS) is 10.3. The molecule has 136 valence electrons. The van der Waals surface area contributed by atoms with E-state index < -0.39 is 5.91 Å². The fourth-order valence-corrected chi connectivity index (χ4v) is 2.42. The van der Waals surface area contributed by atoms with Gasteiger partial charge in [-0.1, -0.05) is 17.7 Å². The summed E-state index contributed by atoms with van der Waals surface area (Å²) in [6.45, 7) is 0.121. The number of ether oxygens (including phenoxy) is 1. The van der Waals surface area contributed by atoms with Crippen LogP contribution in [0.5, 0.6) is 5.75 Å². The van der Waals surface area contributed by atoms with Crippen LogP contribution in [0.3, 0.4) is 0 Å². The van der Waals surface area contributed by atoms with Gasteiger partial charge in [-0.05, 0) is 36.4 Å². The Morgan fingerprint density at radius 2 is 2.00 bits per heavy atom. The van der Waals surface area contributed by atoms with Gasteiger partial charge in [0.1, 0.15) is 18.1 Å². The molecule has 0 radical (unpaired) electrons. The van der Waals surface area contributed by atoms with Crippen LogP contribution in [-0.4, -0.2) is 21.8 Å². The molecule has 2 heterocycles. The highest BCUT2D eigenvalue weighted by Crippen LogP contribution is 2.23. The first kappa shape index (κ1) is 18.3. The summed E-state index contributed by atoms with van der Waals surface area (Å²) in [6.07, 6.45) is 4.37. The zero-order valence-electron chi connectivity index (χ0n) is 14.1. The number of rotatable bonds is 6. The molecular formula is C19H15ClN4O3. The first-order chi connectivity index (χ1) is 13.0. The van der Waals surface area contributed by atoms with E-state index in [0.29, 0.717) is 27.7 Å². The monoisotopic (exact) mass is 382 g/mol. The predicted molar refractivity (Wildman–Crippen MR) is 101 cm³/mol. The summed E-state index contributed by atoms with van der Waals surface area (Å²) in [5.74, 6) is -0.543. The topological polar surface area (TPSA) is 107 Å². The number of halogens is 1. The first-order valence-electron chi connectivity index (χ1n) is 7.91. The molecule has 3 rings (SSSR count). The number of hydrogen-bond donors (Lipinski definition) is 2. The standard InChI is InChI=1S/C19H15ClN4O3/c20-16-5-4-14(24-19(26)17-3-1-2-6-23-17)7-13(16)11-27-15-8-12(18(21)25)9-22-10-15/h1-10H,11H2,(H2,21,25)(H,24,26). The summed E-state index contributed by atoms with van der Waals surface area (Å²) in [7, 11) is 0. The van der Waals surface area contributed by atoms with E-state index in [2.05, 4.69) is 15.3 Å². The molecular weight excluding hydrogens is 368 g/mol. The van der Waals surface area contributed by atoms with Gasteiger partial charge in [-0.2, -0.15) is 0 Å². The molecule has 2 amide bonds. The lowest BCUT2D eigenvalue weighted by molar-refractivity contribution is 0.0996. The van der Waals surface area contributed by atoms with Gasteiger partial charge in [-0.3, -0.25) is 19.6 Å². The molecule has 1 aromatic carbocycles. The predicted octanol–water partition coefficient (Wildman–Crippen LogP) is 3.06. The summed E-state index contributed by atoms with van der Waals surface area (Å²) in [4.78, 5) is 31.3. The Morgan fingerprint density at radius 3 is 2.74 bits per heavy atom. The number of hydrogen-bond acceptors (Lipinski definition) is 5. The molecule has 8 heteroatoms. The fraction of sp³-hybridized carbons (Fsp3) is 0.0526. The Morgan fingerprint density at radius 1 is 1.15 bits per heavy atom. The van der Waals surface area contributed by atoms with Gasteiger partial charge in [0.2, 0.25) is 5.91 Å². The van der Waals surface area contributed by atoms with Gasteiger partial charge in [-0.25, -0.2) is 0 Å². The Hall–Kier alpha value is -3.45. The van der Waals surface area contributed by atoms with Crippen LogP contribution in [0, 0.1) is 0 Å². The van der Waals surface area contributed by atoms with E-state index in [-0.39, 0.29) is 18.1 Å². The number of carbonyl (C=O) groups excluding carboxylic acids is 2. The smallest absolute Gasteiger partial charge is 0.274 e. The average Bonchev–Trinajstić information content (AvgIpc) is 2.69. The summed E-state index contributed by atoms with van der Waals surface area (Å²) in [5.41, 5.74) is 6.98. The zero-order valence-corrected chi connectivity index (χ0v) is 14.8. The fourth-order valence-electron chi connectivity index (χ4n) is 2.25. The maximum absolute atomic E-state index is 12.2. The van der Waals surface area contributed by atoms with Crippen LogP contribution in [-0.2, 0) is 6.61 Å². The Labute approximate surface area is 160 Å². The second-order valence-corrected chi connectivity index (χ2v) is 5.94. The highest BCUT2D eigenvalue weighted by Gasteiger charge is 2.10. The van der Waals surface area contributed by atoms with Gasteiger partial charge < -0.3 is 15.8 Å². The Kier molecular flexibility index (Phi) is 5.63. The third-order valence-corrected chi connectivity index (χ3v) is 3.96. The van der Waals surface area contributed by atoms with E-state index >= 15 is 0 Å². The van der Waals surface area contributed by atoms with E-state index in [1.807, 2.05) is 0 Å². The Bertz CT molecular complexity index is 980. The lowest BCUT2D eigenvalue weighted by Gasteiger charge is -2.11. The van der Waals surface area contributed by atoms with Crippen molar-refractivity contribution in [2.75, 3.05) is 5.32 Å². The number of benzene rings is 1. The van der Waals surface area contributed by atoms with Crippen molar-refractivity contribution < 1.29 is 14.3 Å². The van der Waals surface area contributed by atoms with Crippen molar-refractivity contribution >= 4 is 29.1 Å². The van der Waals surface area contributed by atoms with Gasteiger partial charge in [0.05, 0.1) is 11.8 Å². The number of nitrogens with one attached hydrogen (secondary N) is 1. The molecule has 3 aromatic rings. The number of pyridine rings is 2. The van der Waals surface area contributed by atoms with E-state index in [4.69, 9.17) is 22.1 Å². The van der Waals surface area contributed by atoms with Crippen LogP contribution < -0.4 is 15.8 Å². The molecule has 27 heavy (non-hydrogen) atoms. The second kappa shape index (κ2) is 8.29. The largest absolute Gasteiger partial charge is 0.487 e. The van der Waals surface area contributed by atoms with Crippen molar-refractivity contribution in [2.24, 2.45) is 5.73 Å². The van der Waals surface area contributed by atoms with Crippen molar-refractivity contribution in [3.63, 3.8) is 0 Å². The minimum Gasteiger partial charge on any atom is -0.487 e. The third kappa shape index (κ3) is 4.80. The zero-order chi connectivity index (χ0) is 19.2. The number of nitrogens with two attached hydrogens (primary N) is 1. The van der Waals surface area contributed by atoms with Crippen molar-refractivity contribution in [1.29, 1.82) is 0 Å². The van der Waals surface area contributed by atoms with Crippen LogP contribution in [0.4, 0.5) is 5.69 Å². The molecule has 0 spiro atoms. The number of amides is 2. The molecule has 0 unspecified atom stereocenters.